The van der Waals surface area contributed by atoms with Gasteiger partial charge in [0, 0.05) is 11.5 Å². The molecule has 0 aliphatic heterocycles. The third-order valence-electron chi connectivity index (χ3n) is 2.61. The zero-order chi connectivity index (χ0) is 12.8. The molecule has 0 saturated heterocycles. The summed E-state index contributed by atoms with van der Waals surface area (Å²) in [5, 5.41) is 1.48. The molecule has 2 aromatic rings. The van der Waals surface area contributed by atoms with Gasteiger partial charge in [-0.2, -0.15) is 0 Å². The Morgan fingerprint density at radius 1 is 1.12 bits per heavy atom. The van der Waals surface area contributed by atoms with Gasteiger partial charge in [-0.25, -0.2) is 9.37 Å². The van der Waals surface area contributed by atoms with E-state index in [0.717, 1.165) is 10.9 Å². The number of hydrogen-bond donors (Lipinski definition) is 0. The van der Waals surface area contributed by atoms with Crippen molar-refractivity contribution in [1.29, 1.82) is 0 Å². The highest BCUT2D eigenvalue weighted by molar-refractivity contribution is 6.36. The third kappa shape index (κ3) is 2.38. The second-order valence-corrected chi connectivity index (χ2v) is 5.80. The molecule has 0 aliphatic carbocycles. The zero-order valence-electron chi connectivity index (χ0n) is 9.81. The van der Waals surface area contributed by atoms with Crippen LogP contribution in [0.25, 0.3) is 10.9 Å². The quantitative estimate of drug-likeness (QED) is 0.616. The summed E-state index contributed by atoms with van der Waals surface area (Å²) in [7, 11) is 0. The Hall–Kier alpha value is -0.860. The van der Waals surface area contributed by atoms with E-state index in [-0.39, 0.29) is 5.41 Å². The maximum Gasteiger partial charge on any atom is 0.133 e. The fourth-order valence-electron chi connectivity index (χ4n) is 1.70. The van der Waals surface area contributed by atoms with Crippen LogP contribution in [0.1, 0.15) is 26.3 Å². The van der Waals surface area contributed by atoms with E-state index in [1.165, 1.54) is 12.1 Å². The summed E-state index contributed by atoms with van der Waals surface area (Å²) in [6.07, 6.45) is 0. The summed E-state index contributed by atoms with van der Waals surface area (Å²) in [6.45, 7) is 6.12. The van der Waals surface area contributed by atoms with Crippen LogP contribution in [-0.4, -0.2) is 4.98 Å². The van der Waals surface area contributed by atoms with E-state index < -0.39 is 5.82 Å². The van der Waals surface area contributed by atoms with Gasteiger partial charge in [0.1, 0.15) is 11.0 Å². The lowest BCUT2D eigenvalue weighted by Gasteiger charge is -2.20. The first-order chi connectivity index (χ1) is 7.79. The number of fused-ring (bicyclic) bond motifs is 1. The maximum atomic E-state index is 13.2. The molecular formula is C13H12Cl2FN. The largest absolute Gasteiger partial charge is 0.236 e. The first-order valence-corrected chi connectivity index (χ1v) is 6.00. The highest BCUT2D eigenvalue weighted by Crippen LogP contribution is 2.33. The summed E-state index contributed by atoms with van der Waals surface area (Å²) in [6, 6.07) is 4.50. The van der Waals surface area contributed by atoms with Gasteiger partial charge in [-0.1, -0.05) is 44.0 Å². The number of halogens is 3. The molecule has 4 heteroatoms. The van der Waals surface area contributed by atoms with Gasteiger partial charge in [0.2, 0.25) is 0 Å². The molecule has 1 aromatic heterocycles. The van der Waals surface area contributed by atoms with Crippen molar-refractivity contribution in [3.05, 3.63) is 39.8 Å². The molecule has 0 atom stereocenters. The van der Waals surface area contributed by atoms with Crippen molar-refractivity contribution in [2.45, 2.75) is 26.2 Å². The first-order valence-electron chi connectivity index (χ1n) is 5.25. The van der Waals surface area contributed by atoms with Crippen LogP contribution in [0, 0.1) is 5.82 Å². The van der Waals surface area contributed by atoms with Crippen LogP contribution in [0.4, 0.5) is 4.39 Å². The summed E-state index contributed by atoms with van der Waals surface area (Å²) < 4.78 is 13.2. The van der Waals surface area contributed by atoms with Crippen LogP contribution in [0.2, 0.25) is 10.2 Å². The molecule has 0 amide bonds. The molecule has 0 spiro atoms. The molecule has 1 aromatic carbocycles. The fourth-order valence-corrected chi connectivity index (χ4v) is 2.39. The zero-order valence-corrected chi connectivity index (χ0v) is 11.3. The Kier molecular flexibility index (Phi) is 3.04. The molecule has 0 bridgehead atoms. The Labute approximate surface area is 110 Å². The number of nitrogens with zero attached hydrogens (tertiary/aromatic N) is 1. The maximum absolute atomic E-state index is 13.2. The molecule has 0 fully saturated rings. The lowest BCUT2D eigenvalue weighted by Crippen LogP contribution is -2.12. The van der Waals surface area contributed by atoms with Crippen LogP contribution in [0.15, 0.2) is 18.2 Å². The molecule has 0 radical (unpaired) electrons. The highest BCUT2D eigenvalue weighted by Gasteiger charge is 2.20. The van der Waals surface area contributed by atoms with Gasteiger partial charge in [0.25, 0.3) is 0 Å². The predicted molar refractivity (Wildman–Crippen MR) is 70.4 cm³/mol. The van der Waals surface area contributed by atoms with Gasteiger partial charge in [-0.3, -0.25) is 0 Å². The fraction of sp³-hybridized carbons (Fsp3) is 0.308. The summed E-state index contributed by atoms with van der Waals surface area (Å²) >= 11 is 12.1. The lowest BCUT2D eigenvalue weighted by molar-refractivity contribution is 0.589. The predicted octanol–water partition coefficient (Wildman–Crippen LogP) is 4.98. The number of rotatable bonds is 0. The third-order valence-corrected chi connectivity index (χ3v) is 3.21. The average molecular weight is 272 g/mol. The van der Waals surface area contributed by atoms with Crippen LogP contribution in [-0.2, 0) is 5.41 Å². The van der Waals surface area contributed by atoms with E-state index in [4.69, 9.17) is 23.2 Å². The van der Waals surface area contributed by atoms with Gasteiger partial charge in [0.05, 0.1) is 10.5 Å². The van der Waals surface area contributed by atoms with Crippen LogP contribution in [0.5, 0.6) is 0 Å². The number of pyridine rings is 1. The van der Waals surface area contributed by atoms with Gasteiger partial charge < -0.3 is 0 Å². The monoisotopic (exact) mass is 271 g/mol. The average Bonchev–Trinajstić information content (AvgIpc) is 2.13. The van der Waals surface area contributed by atoms with Crippen molar-refractivity contribution in [2.24, 2.45) is 0 Å². The molecule has 0 unspecified atom stereocenters. The van der Waals surface area contributed by atoms with Crippen molar-refractivity contribution >= 4 is 34.1 Å². The van der Waals surface area contributed by atoms with E-state index in [1.807, 2.05) is 26.8 Å². The number of aromatic nitrogens is 1. The van der Waals surface area contributed by atoms with Gasteiger partial charge in [0.15, 0.2) is 0 Å². The van der Waals surface area contributed by atoms with Crippen molar-refractivity contribution < 1.29 is 4.39 Å². The molecule has 1 nitrogen and oxygen atoms in total. The first kappa shape index (κ1) is 12.6. The van der Waals surface area contributed by atoms with Crippen molar-refractivity contribution in [1.82, 2.24) is 4.98 Å². The minimum absolute atomic E-state index is 0.129. The van der Waals surface area contributed by atoms with E-state index in [2.05, 4.69) is 4.98 Å². The van der Waals surface area contributed by atoms with Gasteiger partial charge in [-0.05, 0) is 23.1 Å². The van der Waals surface area contributed by atoms with Crippen molar-refractivity contribution in [2.75, 3.05) is 0 Å². The Morgan fingerprint density at radius 3 is 2.35 bits per heavy atom. The van der Waals surface area contributed by atoms with E-state index in [9.17, 15) is 4.39 Å². The molecule has 17 heavy (non-hydrogen) atoms. The molecule has 0 saturated carbocycles. The van der Waals surface area contributed by atoms with Crippen molar-refractivity contribution in [3.8, 4) is 0 Å². The van der Waals surface area contributed by atoms with Gasteiger partial charge in [-0.15, -0.1) is 0 Å². The van der Waals surface area contributed by atoms with E-state index in [1.54, 1.807) is 0 Å². The SMILES string of the molecule is CC(C)(C)c1cc2c(Cl)cc(F)cc2nc1Cl. The number of hydrogen-bond acceptors (Lipinski definition) is 1. The van der Waals surface area contributed by atoms with E-state index in [0.29, 0.717) is 15.7 Å². The van der Waals surface area contributed by atoms with Crippen LogP contribution >= 0.6 is 23.2 Å². The minimum atomic E-state index is -0.408. The van der Waals surface area contributed by atoms with Gasteiger partial charge >= 0.3 is 0 Å². The van der Waals surface area contributed by atoms with Crippen molar-refractivity contribution in [3.63, 3.8) is 0 Å². The molecule has 1 heterocycles. The molecule has 0 aliphatic rings. The molecule has 2 rings (SSSR count). The second-order valence-electron chi connectivity index (χ2n) is 5.03. The Balaban J connectivity index is 2.81. The van der Waals surface area contributed by atoms with Crippen LogP contribution in [0.3, 0.4) is 0 Å². The molecular weight excluding hydrogens is 260 g/mol. The summed E-state index contributed by atoms with van der Waals surface area (Å²) in [4.78, 5) is 4.20. The molecule has 90 valence electrons. The Morgan fingerprint density at radius 2 is 1.76 bits per heavy atom. The van der Waals surface area contributed by atoms with E-state index >= 15 is 0 Å². The molecule has 0 N–H and O–H groups in total. The van der Waals surface area contributed by atoms with Crippen LogP contribution < -0.4 is 0 Å². The standard InChI is InChI=1S/C13H12Cl2FN/c1-13(2,3)9-6-8-10(14)4-7(16)5-11(8)17-12(9)15/h4-6H,1-3H3. The normalized spacial score (nSPS) is 12.1. The summed E-state index contributed by atoms with van der Waals surface area (Å²) in [5.74, 6) is -0.408. The Bertz CT molecular complexity index is 588. The smallest absolute Gasteiger partial charge is 0.133 e. The lowest BCUT2D eigenvalue weighted by atomic mass is 9.87. The minimum Gasteiger partial charge on any atom is -0.236 e. The topological polar surface area (TPSA) is 12.9 Å². The highest BCUT2D eigenvalue weighted by atomic mass is 35.5. The second kappa shape index (κ2) is 4.11. The summed E-state index contributed by atoms with van der Waals surface area (Å²) in [5.41, 5.74) is 1.25. The number of benzene rings is 1.